The van der Waals surface area contributed by atoms with Gasteiger partial charge in [-0.3, -0.25) is 4.90 Å². The van der Waals surface area contributed by atoms with Crippen LogP contribution in [0.15, 0.2) is 24.3 Å². The van der Waals surface area contributed by atoms with Gasteiger partial charge in [-0.15, -0.1) is 0 Å². The molecule has 6 nitrogen and oxygen atoms in total. The maximum Gasteiger partial charge on any atom is 0.490 e. The van der Waals surface area contributed by atoms with E-state index in [9.17, 15) is 26.0 Å². The summed E-state index contributed by atoms with van der Waals surface area (Å²) in [6.45, 7) is 2.36. The van der Waals surface area contributed by atoms with E-state index in [1.54, 1.807) is 4.31 Å². The van der Waals surface area contributed by atoms with Crippen molar-refractivity contribution < 1.29 is 35.9 Å². The number of hydrogen-bond donors (Lipinski definition) is 1. The SMILES string of the molecule is O=C(O)C(F)(F)F.O=S(=O)(C1CC1)N1CC[C@@H]2[C@@H]1CCN2Cc1ccc(F)cc1. The lowest BCUT2D eigenvalue weighted by molar-refractivity contribution is -0.192. The molecule has 3 fully saturated rings. The zero-order chi connectivity index (χ0) is 21.4. The molecule has 1 saturated carbocycles. The number of hydrogen-bond acceptors (Lipinski definition) is 4. The van der Waals surface area contributed by atoms with Crippen LogP contribution < -0.4 is 0 Å². The zero-order valence-electron chi connectivity index (χ0n) is 15.5. The number of carboxylic acid groups (broad SMARTS) is 1. The average Bonchev–Trinajstić information content (AvgIpc) is 3.30. The molecule has 1 aliphatic carbocycles. The third-order valence-corrected chi connectivity index (χ3v) is 7.88. The van der Waals surface area contributed by atoms with Crippen molar-refractivity contribution in [1.29, 1.82) is 0 Å². The van der Waals surface area contributed by atoms with Crippen LogP contribution in [0.3, 0.4) is 0 Å². The van der Waals surface area contributed by atoms with Crippen LogP contribution in [0.2, 0.25) is 0 Å². The Bertz CT molecular complexity index is 840. The zero-order valence-corrected chi connectivity index (χ0v) is 16.3. The summed E-state index contributed by atoms with van der Waals surface area (Å²) in [5.41, 5.74) is 1.09. The largest absolute Gasteiger partial charge is 0.490 e. The predicted octanol–water partition coefficient (Wildman–Crippen LogP) is 2.60. The number of nitrogens with zero attached hydrogens (tertiary/aromatic N) is 2. The minimum absolute atomic E-state index is 0.114. The molecular formula is C18H22F4N2O4S. The number of carbonyl (C=O) groups is 1. The molecule has 0 spiro atoms. The van der Waals surface area contributed by atoms with Gasteiger partial charge in [0.05, 0.1) is 5.25 Å². The highest BCUT2D eigenvalue weighted by molar-refractivity contribution is 7.90. The molecule has 1 aromatic carbocycles. The predicted molar refractivity (Wildman–Crippen MR) is 96.0 cm³/mol. The Morgan fingerprint density at radius 3 is 2.10 bits per heavy atom. The van der Waals surface area contributed by atoms with Crippen molar-refractivity contribution in [2.45, 2.75) is 55.7 Å². The van der Waals surface area contributed by atoms with Gasteiger partial charge in [-0.05, 0) is 43.4 Å². The fourth-order valence-electron chi connectivity index (χ4n) is 3.93. The van der Waals surface area contributed by atoms with Gasteiger partial charge in [-0.2, -0.15) is 17.5 Å². The van der Waals surface area contributed by atoms with Gasteiger partial charge in [-0.25, -0.2) is 17.6 Å². The van der Waals surface area contributed by atoms with Crippen LogP contribution >= 0.6 is 0 Å². The monoisotopic (exact) mass is 438 g/mol. The van der Waals surface area contributed by atoms with Crippen LogP contribution in [0.4, 0.5) is 17.6 Å². The molecule has 2 heterocycles. The Hall–Kier alpha value is -1.72. The first-order valence-electron chi connectivity index (χ1n) is 9.29. The van der Waals surface area contributed by atoms with Crippen molar-refractivity contribution in [1.82, 2.24) is 9.21 Å². The Morgan fingerprint density at radius 1 is 1.03 bits per heavy atom. The van der Waals surface area contributed by atoms with Crippen molar-refractivity contribution in [3.05, 3.63) is 35.6 Å². The number of alkyl halides is 3. The van der Waals surface area contributed by atoms with Gasteiger partial charge in [0.1, 0.15) is 5.82 Å². The van der Waals surface area contributed by atoms with Crippen molar-refractivity contribution >= 4 is 16.0 Å². The van der Waals surface area contributed by atoms with Crippen molar-refractivity contribution in [3.8, 4) is 0 Å². The molecule has 1 aromatic rings. The molecule has 4 rings (SSSR count). The van der Waals surface area contributed by atoms with Crippen LogP contribution in [0, 0.1) is 5.82 Å². The van der Waals surface area contributed by atoms with E-state index in [-0.39, 0.29) is 17.1 Å². The molecule has 11 heteroatoms. The smallest absolute Gasteiger partial charge is 0.475 e. The van der Waals surface area contributed by atoms with Crippen molar-refractivity contribution in [3.63, 3.8) is 0 Å². The van der Waals surface area contributed by atoms with Crippen LogP contribution in [-0.2, 0) is 21.4 Å². The normalized spacial score (nSPS) is 25.4. The maximum absolute atomic E-state index is 13.0. The second-order valence-electron chi connectivity index (χ2n) is 7.47. The summed E-state index contributed by atoms with van der Waals surface area (Å²) >= 11 is 0. The Balaban J connectivity index is 0.000000298. The molecule has 1 N–H and O–H groups in total. The first-order valence-corrected chi connectivity index (χ1v) is 10.8. The molecular weight excluding hydrogens is 416 g/mol. The molecule has 2 aliphatic heterocycles. The molecule has 162 valence electrons. The van der Waals surface area contributed by atoms with E-state index in [2.05, 4.69) is 4.90 Å². The molecule has 0 radical (unpaired) electrons. The van der Waals surface area contributed by atoms with Crippen LogP contribution in [-0.4, -0.2) is 65.3 Å². The van der Waals surface area contributed by atoms with Gasteiger partial charge in [0.2, 0.25) is 10.0 Å². The lowest BCUT2D eigenvalue weighted by Crippen LogP contribution is -2.41. The van der Waals surface area contributed by atoms with Crippen molar-refractivity contribution in [2.24, 2.45) is 0 Å². The van der Waals surface area contributed by atoms with E-state index in [1.807, 2.05) is 12.1 Å². The molecule has 0 bridgehead atoms. The number of fused-ring (bicyclic) bond motifs is 1. The first-order chi connectivity index (χ1) is 13.5. The van der Waals surface area contributed by atoms with E-state index < -0.39 is 22.2 Å². The minimum Gasteiger partial charge on any atom is -0.475 e. The number of likely N-dealkylation sites (tertiary alicyclic amines) is 1. The number of rotatable bonds is 4. The molecule has 0 amide bonds. The lowest BCUT2D eigenvalue weighted by atomic mass is 10.1. The third kappa shape index (κ3) is 5.07. The Labute approximate surface area is 166 Å². The lowest BCUT2D eigenvalue weighted by Gasteiger charge is -2.25. The summed E-state index contributed by atoms with van der Waals surface area (Å²) in [5, 5.41) is 7.01. The van der Waals surface area contributed by atoms with E-state index in [0.29, 0.717) is 12.6 Å². The summed E-state index contributed by atoms with van der Waals surface area (Å²) < 4.78 is 71.5. The summed E-state index contributed by atoms with van der Waals surface area (Å²) in [7, 11) is -3.06. The molecule has 2 saturated heterocycles. The summed E-state index contributed by atoms with van der Waals surface area (Å²) in [6, 6.07) is 7.07. The van der Waals surface area contributed by atoms with Gasteiger partial charge >= 0.3 is 12.1 Å². The highest BCUT2D eigenvalue weighted by atomic mass is 32.2. The fraction of sp³-hybridized carbons (Fsp3) is 0.611. The maximum atomic E-state index is 13.0. The van der Waals surface area contributed by atoms with Crippen LogP contribution in [0.25, 0.3) is 0 Å². The molecule has 0 unspecified atom stereocenters. The Kier molecular flexibility index (Phi) is 6.21. The van der Waals surface area contributed by atoms with Crippen molar-refractivity contribution in [2.75, 3.05) is 13.1 Å². The van der Waals surface area contributed by atoms with Crippen LogP contribution in [0.5, 0.6) is 0 Å². The standard InChI is InChI=1S/C16H21FN2O2S.C2HF3O2/c17-13-3-1-12(2-4-13)11-18-9-7-16-15(18)8-10-19(16)22(20,21)14-5-6-14;3-2(4,5)1(6)7/h1-4,14-16H,5-11H2;(H,6,7)/t15-,16+;/m1./s1. The van der Waals surface area contributed by atoms with Gasteiger partial charge in [0.25, 0.3) is 0 Å². The second kappa shape index (κ2) is 8.19. The van der Waals surface area contributed by atoms with E-state index in [4.69, 9.17) is 9.90 Å². The number of halogens is 4. The van der Waals surface area contributed by atoms with E-state index >= 15 is 0 Å². The fourth-order valence-corrected chi connectivity index (χ4v) is 6.03. The van der Waals surface area contributed by atoms with Gasteiger partial charge in [0.15, 0.2) is 0 Å². The summed E-state index contributed by atoms with van der Waals surface area (Å²) in [4.78, 5) is 11.3. The Morgan fingerprint density at radius 2 is 1.59 bits per heavy atom. The third-order valence-electron chi connectivity index (χ3n) is 5.45. The first kappa shape index (κ1) is 22.0. The van der Waals surface area contributed by atoms with Gasteiger partial charge < -0.3 is 5.11 Å². The molecule has 3 aliphatic rings. The molecule has 2 atom stereocenters. The van der Waals surface area contributed by atoms with E-state index in [1.165, 1.54) is 12.1 Å². The number of aliphatic carboxylic acids is 1. The second-order valence-corrected chi connectivity index (χ2v) is 9.63. The average molecular weight is 438 g/mol. The topological polar surface area (TPSA) is 77.9 Å². The number of carboxylic acids is 1. The highest BCUT2D eigenvalue weighted by Gasteiger charge is 2.50. The van der Waals surface area contributed by atoms with Gasteiger partial charge in [0, 0.05) is 31.7 Å². The van der Waals surface area contributed by atoms with Gasteiger partial charge in [-0.1, -0.05) is 12.1 Å². The number of benzene rings is 1. The highest BCUT2D eigenvalue weighted by Crippen LogP contribution is 2.39. The quantitative estimate of drug-likeness (QED) is 0.732. The molecule has 0 aromatic heterocycles. The summed E-state index contributed by atoms with van der Waals surface area (Å²) in [5.74, 6) is -2.97. The van der Waals surface area contributed by atoms with E-state index in [0.717, 1.165) is 44.3 Å². The molecule has 29 heavy (non-hydrogen) atoms. The number of sulfonamides is 1. The minimum atomic E-state index is -5.08. The summed E-state index contributed by atoms with van der Waals surface area (Å²) in [6.07, 6.45) is -1.60. The van der Waals surface area contributed by atoms with Crippen LogP contribution in [0.1, 0.15) is 31.2 Å².